The predicted octanol–water partition coefficient (Wildman–Crippen LogP) is 0.889. The molecule has 2 aromatic heterocycles. The number of carbonyl (C=O) groups excluding carboxylic acids is 1. The van der Waals surface area contributed by atoms with Crippen LogP contribution in [-0.2, 0) is 11.3 Å². The number of nitrogens with zero attached hydrogens (tertiary/aromatic N) is 5. The number of aromatic nitrogens is 6. The van der Waals surface area contributed by atoms with Gasteiger partial charge in [0.15, 0.2) is 5.82 Å². The van der Waals surface area contributed by atoms with Crippen LogP contribution in [0.3, 0.4) is 0 Å². The average Bonchev–Trinajstić information content (AvgIpc) is 3.37. The quantitative estimate of drug-likeness (QED) is 0.851. The van der Waals surface area contributed by atoms with Crippen LogP contribution in [0.25, 0.3) is 0 Å². The van der Waals surface area contributed by atoms with Gasteiger partial charge in [0, 0.05) is 37.9 Å². The first-order valence-electron chi connectivity index (χ1n) is 8.87. The number of nitrogens with one attached hydrogen (secondary N) is 2. The van der Waals surface area contributed by atoms with E-state index in [0.717, 1.165) is 38.9 Å². The zero-order valence-electron chi connectivity index (χ0n) is 14.3. The van der Waals surface area contributed by atoms with Crippen molar-refractivity contribution in [2.75, 3.05) is 13.2 Å². The molecule has 1 aliphatic carbocycles. The Morgan fingerprint density at radius 2 is 2.28 bits per heavy atom. The number of carbonyl (C=O) groups is 1. The second-order valence-corrected chi connectivity index (χ2v) is 6.87. The molecule has 25 heavy (non-hydrogen) atoms. The van der Waals surface area contributed by atoms with Crippen molar-refractivity contribution < 1.29 is 9.53 Å². The van der Waals surface area contributed by atoms with Gasteiger partial charge in [-0.25, -0.2) is 0 Å². The zero-order valence-corrected chi connectivity index (χ0v) is 14.3. The van der Waals surface area contributed by atoms with Crippen LogP contribution in [0.5, 0.6) is 0 Å². The molecule has 0 bridgehead atoms. The minimum atomic E-state index is -0.0920. The summed E-state index contributed by atoms with van der Waals surface area (Å²) in [6.07, 6.45) is 5.53. The summed E-state index contributed by atoms with van der Waals surface area (Å²) in [7, 11) is 0. The molecular formula is C16H23N7O2. The Labute approximate surface area is 145 Å². The van der Waals surface area contributed by atoms with E-state index in [-0.39, 0.29) is 23.3 Å². The molecule has 9 heteroatoms. The zero-order chi connectivity index (χ0) is 17.3. The summed E-state index contributed by atoms with van der Waals surface area (Å²) in [4.78, 5) is 12.9. The molecule has 9 nitrogen and oxygen atoms in total. The summed E-state index contributed by atoms with van der Waals surface area (Å²) >= 11 is 0. The molecule has 0 radical (unpaired) electrons. The molecule has 1 spiro atoms. The summed E-state index contributed by atoms with van der Waals surface area (Å²) < 4.78 is 7.28. The van der Waals surface area contributed by atoms with Gasteiger partial charge in [-0.05, 0) is 44.1 Å². The van der Waals surface area contributed by atoms with Crippen LogP contribution >= 0.6 is 0 Å². The Kier molecular flexibility index (Phi) is 4.24. The molecule has 2 unspecified atom stereocenters. The van der Waals surface area contributed by atoms with Crippen LogP contribution in [-0.4, -0.2) is 55.6 Å². The highest BCUT2D eigenvalue weighted by molar-refractivity contribution is 5.92. The van der Waals surface area contributed by atoms with Gasteiger partial charge < -0.3 is 10.1 Å². The van der Waals surface area contributed by atoms with E-state index >= 15 is 0 Å². The lowest BCUT2D eigenvalue weighted by Gasteiger charge is -2.40. The summed E-state index contributed by atoms with van der Waals surface area (Å²) in [5.41, 5.74) is 0.625. The van der Waals surface area contributed by atoms with Gasteiger partial charge in [-0.3, -0.25) is 9.48 Å². The Bertz CT molecular complexity index is 721. The van der Waals surface area contributed by atoms with Crippen molar-refractivity contribution in [3.05, 3.63) is 23.8 Å². The van der Waals surface area contributed by atoms with Gasteiger partial charge in [0.25, 0.3) is 5.91 Å². The van der Waals surface area contributed by atoms with Crippen molar-refractivity contribution in [3.8, 4) is 0 Å². The van der Waals surface area contributed by atoms with E-state index in [1.165, 1.54) is 0 Å². The fraction of sp³-hybridized carbons (Fsp3) is 0.688. The maximum Gasteiger partial charge on any atom is 0.269 e. The molecule has 2 aliphatic rings. The van der Waals surface area contributed by atoms with E-state index in [1.807, 2.05) is 6.92 Å². The number of rotatable bonds is 4. The van der Waals surface area contributed by atoms with Gasteiger partial charge in [0.1, 0.15) is 5.69 Å². The van der Waals surface area contributed by atoms with Crippen LogP contribution < -0.4 is 5.32 Å². The number of ether oxygens (including phenoxy) is 1. The number of hydrogen-bond donors (Lipinski definition) is 2. The van der Waals surface area contributed by atoms with Crippen LogP contribution in [0.1, 0.15) is 54.8 Å². The predicted molar refractivity (Wildman–Crippen MR) is 87.8 cm³/mol. The fourth-order valence-corrected chi connectivity index (χ4v) is 4.38. The summed E-state index contributed by atoms with van der Waals surface area (Å²) in [6.45, 7) is 4.10. The molecule has 2 atom stereocenters. The highest BCUT2D eigenvalue weighted by atomic mass is 16.5. The van der Waals surface area contributed by atoms with Crippen LogP contribution in [0.2, 0.25) is 0 Å². The minimum Gasteiger partial charge on any atom is -0.381 e. The molecule has 1 aliphatic heterocycles. The first kappa shape index (κ1) is 16.2. The monoisotopic (exact) mass is 345 g/mol. The topological polar surface area (TPSA) is 111 Å². The van der Waals surface area contributed by atoms with Gasteiger partial charge in [0.2, 0.25) is 0 Å². The SMILES string of the molecule is CCn1nccc1C(=O)NC1C(c2nn[nH]n2)CCC12CCOCC2. The molecule has 2 aromatic rings. The van der Waals surface area contributed by atoms with Crippen molar-refractivity contribution in [1.29, 1.82) is 0 Å². The number of tetrazole rings is 1. The van der Waals surface area contributed by atoms with E-state index in [2.05, 4.69) is 31.0 Å². The lowest BCUT2D eigenvalue weighted by molar-refractivity contribution is 0.00304. The first-order valence-corrected chi connectivity index (χ1v) is 8.87. The van der Waals surface area contributed by atoms with Gasteiger partial charge in [-0.2, -0.15) is 10.3 Å². The molecule has 0 aromatic carbocycles. The summed E-state index contributed by atoms with van der Waals surface area (Å²) in [6, 6.07) is 1.73. The second-order valence-electron chi connectivity index (χ2n) is 6.87. The first-order chi connectivity index (χ1) is 12.2. The molecule has 1 saturated carbocycles. The van der Waals surface area contributed by atoms with Gasteiger partial charge in [0.05, 0.1) is 0 Å². The summed E-state index contributed by atoms with van der Waals surface area (Å²) in [5.74, 6) is 0.655. The molecule has 2 N–H and O–H groups in total. The van der Waals surface area contributed by atoms with Crippen molar-refractivity contribution in [1.82, 2.24) is 35.7 Å². The summed E-state index contributed by atoms with van der Waals surface area (Å²) in [5, 5.41) is 22.1. The number of H-pyrrole nitrogens is 1. The second kappa shape index (κ2) is 6.55. The van der Waals surface area contributed by atoms with Crippen molar-refractivity contribution in [2.45, 2.75) is 51.1 Å². The molecule has 134 valence electrons. The van der Waals surface area contributed by atoms with E-state index < -0.39 is 0 Å². The van der Waals surface area contributed by atoms with Gasteiger partial charge >= 0.3 is 0 Å². The largest absolute Gasteiger partial charge is 0.381 e. The maximum absolute atomic E-state index is 12.9. The third-order valence-corrected chi connectivity index (χ3v) is 5.73. The third-order valence-electron chi connectivity index (χ3n) is 5.73. The third kappa shape index (κ3) is 2.82. The highest BCUT2D eigenvalue weighted by Crippen LogP contribution is 2.51. The number of hydrogen-bond acceptors (Lipinski definition) is 6. The highest BCUT2D eigenvalue weighted by Gasteiger charge is 2.51. The standard InChI is InChI=1S/C16H23N7O2/c1-2-23-12(4-8-17-23)15(24)18-13-11(14-19-21-22-20-14)3-5-16(13)6-9-25-10-7-16/h4,8,11,13H,2-3,5-7,9-10H2,1H3,(H,18,24)(H,19,20,21,22). The molecule has 3 heterocycles. The normalized spacial score (nSPS) is 25.3. The Morgan fingerprint density at radius 1 is 1.44 bits per heavy atom. The van der Waals surface area contributed by atoms with Crippen molar-refractivity contribution in [3.63, 3.8) is 0 Å². The lowest BCUT2D eigenvalue weighted by atomic mass is 9.74. The number of amides is 1. The molecular weight excluding hydrogens is 322 g/mol. The minimum absolute atomic E-state index is 0.0262. The Balaban J connectivity index is 1.62. The van der Waals surface area contributed by atoms with Crippen molar-refractivity contribution >= 4 is 5.91 Å². The Hall–Kier alpha value is -2.29. The van der Waals surface area contributed by atoms with E-state index in [4.69, 9.17) is 4.74 Å². The van der Waals surface area contributed by atoms with Crippen molar-refractivity contribution in [2.24, 2.45) is 5.41 Å². The molecule has 1 amide bonds. The molecule has 4 rings (SSSR count). The molecule has 2 fully saturated rings. The van der Waals surface area contributed by atoms with Crippen LogP contribution in [0.15, 0.2) is 12.3 Å². The number of aryl methyl sites for hydroxylation is 1. The maximum atomic E-state index is 12.9. The van der Waals surface area contributed by atoms with E-state index in [9.17, 15) is 4.79 Å². The van der Waals surface area contributed by atoms with Crippen LogP contribution in [0.4, 0.5) is 0 Å². The average molecular weight is 345 g/mol. The molecule has 1 saturated heterocycles. The van der Waals surface area contributed by atoms with E-state index in [1.54, 1.807) is 16.9 Å². The van der Waals surface area contributed by atoms with Gasteiger partial charge in [-0.15, -0.1) is 10.2 Å². The lowest BCUT2D eigenvalue weighted by Crippen LogP contribution is -2.49. The van der Waals surface area contributed by atoms with Gasteiger partial charge in [-0.1, -0.05) is 5.21 Å². The van der Waals surface area contributed by atoms with E-state index in [0.29, 0.717) is 18.1 Å². The number of aromatic amines is 1. The fourth-order valence-electron chi connectivity index (χ4n) is 4.38. The van der Waals surface area contributed by atoms with Crippen LogP contribution in [0, 0.1) is 5.41 Å². The smallest absolute Gasteiger partial charge is 0.269 e. The Morgan fingerprint density at radius 3 is 3.00 bits per heavy atom.